The van der Waals surface area contributed by atoms with Gasteiger partial charge in [-0.2, -0.15) is 0 Å². The van der Waals surface area contributed by atoms with Gasteiger partial charge in [0.2, 0.25) is 0 Å². The summed E-state index contributed by atoms with van der Waals surface area (Å²) in [5.41, 5.74) is 0.404. The minimum Gasteiger partial charge on any atom is -0.378 e. The molecule has 0 atom stereocenters. The summed E-state index contributed by atoms with van der Waals surface area (Å²) in [4.78, 5) is 0. The lowest BCUT2D eigenvalue weighted by molar-refractivity contribution is -0.123. The van der Waals surface area contributed by atoms with Crippen LogP contribution in [0.25, 0.3) is 0 Å². The molecule has 220 valence electrons. The van der Waals surface area contributed by atoms with Gasteiger partial charge in [-0.25, -0.2) is 0 Å². The van der Waals surface area contributed by atoms with Gasteiger partial charge in [-0.15, -0.1) is 23.2 Å². The maximum absolute atomic E-state index is 7.43. The number of hydrogen-bond acceptors (Lipinski definition) is 2. The van der Waals surface area contributed by atoms with Gasteiger partial charge < -0.3 is 9.47 Å². The molecule has 0 saturated heterocycles. The number of rotatable bonds is 10. The summed E-state index contributed by atoms with van der Waals surface area (Å²) in [7, 11) is 0. The van der Waals surface area contributed by atoms with Crippen LogP contribution < -0.4 is 0 Å². The van der Waals surface area contributed by atoms with Crippen LogP contribution in [-0.2, 0) is 9.47 Å². The summed E-state index contributed by atoms with van der Waals surface area (Å²) in [6, 6.07) is 0. The third kappa shape index (κ3) is 6.15. The van der Waals surface area contributed by atoms with Crippen LogP contribution in [0.2, 0.25) is 0 Å². The van der Waals surface area contributed by atoms with E-state index in [2.05, 4.69) is 13.8 Å². The highest BCUT2D eigenvalue weighted by Crippen LogP contribution is 2.77. The van der Waals surface area contributed by atoms with Crippen molar-refractivity contribution in [3.63, 3.8) is 0 Å². The fourth-order valence-electron chi connectivity index (χ4n) is 9.88. The van der Waals surface area contributed by atoms with Crippen molar-refractivity contribution in [2.45, 2.75) is 165 Å². The highest BCUT2D eigenvalue weighted by atomic mass is 35.5. The molecule has 0 aromatic carbocycles. The van der Waals surface area contributed by atoms with Crippen LogP contribution in [0.4, 0.5) is 0 Å². The van der Waals surface area contributed by atoms with E-state index in [0.717, 1.165) is 36.9 Å². The Labute approximate surface area is 245 Å². The third-order valence-corrected chi connectivity index (χ3v) is 14.1. The molecule has 0 radical (unpaired) electrons. The number of alkyl halides is 2. The van der Waals surface area contributed by atoms with Gasteiger partial charge in [-0.05, 0) is 146 Å². The molecule has 5 rings (SSSR count). The van der Waals surface area contributed by atoms with Gasteiger partial charge in [0.05, 0.1) is 12.2 Å². The second kappa shape index (κ2) is 13.2. The van der Waals surface area contributed by atoms with E-state index < -0.39 is 4.33 Å². The Kier molecular flexibility index (Phi) is 10.4. The molecule has 0 aromatic rings. The van der Waals surface area contributed by atoms with E-state index in [-0.39, 0.29) is 10.8 Å². The first-order valence-electron chi connectivity index (χ1n) is 17.0. The van der Waals surface area contributed by atoms with Gasteiger partial charge in [0.1, 0.15) is 4.33 Å². The molecular formula is C34H58Cl2O2. The summed E-state index contributed by atoms with van der Waals surface area (Å²) < 4.78 is 11.8. The molecular weight excluding hydrogens is 511 g/mol. The average Bonchev–Trinajstić information content (AvgIpc) is 2.95. The monoisotopic (exact) mass is 568 g/mol. The van der Waals surface area contributed by atoms with Crippen LogP contribution in [0.15, 0.2) is 0 Å². The van der Waals surface area contributed by atoms with Crippen molar-refractivity contribution in [1.82, 2.24) is 0 Å². The van der Waals surface area contributed by atoms with Gasteiger partial charge in [-0.1, -0.05) is 26.7 Å². The highest BCUT2D eigenvalue weighted by Gasteiger charge is 2.72. The Hall–Kier alpha value is 0.500. The van der Waals surface area contributed by atoms with Gasteiger partial charge in [-0.3, -0.25) is 0 Å². The van der Waals surface area contributed by atoms with Crippen LogP contribution in [-0.4, -0.2) is 29.8 Å². The standard InChI is InChI=1S/C34H58Cl2O2/c1-3-5-23-37-30-11-7-26(8-12-30)28-15-19-32(20-16-28)25-33(34(32,35)36)21-17-29(18-22-33)27-9-13-31(14-10-27)38-24-6-4-2/h26-31H,3-25H2,1-2H3/t26-,27-,28?,29?,30-,31-,32?,33?. The smallest absolute Gasteiger partial charge is 0.129 e. The molecule has 2 spiro atoms. The molecule has 0 unspecified atom stereocenters. The zero-order chi connectivity index (χ0) is 26.6. The number of hydrogen-bond donors (Lipinski definition) is 0. The molecule has 38 heavy (non-hydrogen) atoms. The SMILES string of the molecule is CCCCO[C@H]1CC[C@H](C2CCC3(CC2)CC2(CCC([C@H]4CC[C@H](OCCCC)CC4)CC2)C3(Cl)Cl)CC1. The molecule has 0 bridgehead atoms. The first-order valence-corrected chi connectivity index (χ1v) is 17.8. The average molecular weight is 570 g/mol. The normalized spacial score (nSPS) is 43.3. The van der Waals surface area contributed by atoms with E-state index in [4.69, 9.17) is 32.7 Å². The Morgan fingerprint density at radius 3 is 1.18 bits per heavy atom. The molecule has 0 amide bonds. The van der Waals surface area contributed by atoms with Gasteiger partial charge in [0.15, 0.2) is 0 Å². The largest absolute Gasteiger partial charge is 0.378 e. The number of ether oxygens (including phenoxy) is 2. The minimum atomic E-state index is -0.495. The lowest BCUT2D eigenvalue weighted by Crippen LogP contribution is -2.66. The molecule has 0 heterocycles. The predicted molar refractivity (Wildman–Crippen MR) is 161 cm³/mol. The first-order chi connectivity index (χ1) is 18.4. The topological polar surface area (TPSA) is 18.5 Å². The Bertz CT molecular complexity index is 648. The van der Waals surface area contributed by atoms with E-state index in [1.165, 1.54) is 135 Å². The van der Waals surface area contributed by atoms with E-state index >= 15 is 0 Å². The molecule has 2 nitrogen and oxygen atoms in total. The fraction of sp³-hybridized carbons (Fsp3) is 1.00. The van der Waals surface area contributed by atoms with Gasteiger partial charge >= 0.3 is 0 Å². The molecule has 0 aliphatic heterocycles. The molecule has 5 aliphatic rings. The summed E-state index contributed by atoms with van der Waals surface area (Å²) in [6.45, 7) is 6.42. The van der Waals surface area contributed by atoms with Crippen LogP contribution in [0.3, 0.4) is 0 Å². The summed E-state index contributed by atoms with van der Waals surface area (Å²) in [6.07, 6.45) is 28.4. The minimum absolute atomic E-state index is 0.202. The second-order valence-corrected chi connectivity index (χ2v) is 15.8. The van der Waals surface area contributed by atoms with Crippen molar-refractivity contribution in [2.24, 2.45) is 34.5 Å². The zero-order valence-electron chi connectivity index (χ0n) is 24.8. The molecule has 0 aromatic heterocycles. The fourth-order valence-corrected chi connectivity index (χ4v) is 10.9. The predicted octanol–water partition coefficient (Wildman–Crippen LogP) is 10.7. The molecule has 5 fully saturated rings. The summed E-state index contributed by atoms with van der Waals surface area (Å²) in [5.74, 6) is 3.62. The van der Waals surface area contributed by atoms with Gasteiger partial charge in [0, 0.05) is 24.0 Å². The van der Waals surface area contributed by atoms with Gasteiger partial charge in [0.25, 0.3) is 0 Å². The zero-order valence-corrected chi connectivity index (χ0v) is 26.3. The van der Waals surface area contributed by atoms with Crippen LogP contribution >= 0.6 is 23.2 Å². The Morgan fingerprint density at radius 1 is 0.526 bits per heavy atom. The van der Waals surface area contributed by atoms with Crippen molar-refractivity contribution in [1.29, 1.82) is 0 Å². The first kappa shape index (κ1) is 30.0. The van der Waals surface area contributed by atoms with Crippen molar-refractivity contribution in [3.05, 3.63) is 0 Å². The molecule has 5 saturated carbocycles. The molecule has 0 N–H and O–H groups in total. The van der Waals surface area contributed by atoms with E-state index in [1.807, 2.05) is 0 Å². The molecule has 4 heteroatoms. The van der Waals surface area contributed by atoms with E-state index in [9.17, 15) is 0 Å². The van der Waals surface area contributed by atoms with Crippen LogP contribution in [0.1, 0.15) is 149 Å². The number of unbranched alkanes of at least 4 members (excludes halogenated alkanes) is 2. The van der Waals surface area contributed by atoms with Crippen molar-refractivity contribution in [3.8, 4) is 0 Å². The quantitative estimate of drug-likeness (QED) is 0.192. The highest BCUT2D eigenvalue weighted by molar-refractivity contribution is 6.50. The summed E-state index contributed by atoms with van der Waals surface area (Å²) in [5, 5.41) is 0. The van der Waals surface area contributed by atoms with Crippen LogP contribution in [0.5, 0.6) is 0 Å². The number of halogens is 2. The third-order valence-electron chi connectivity index (χ3n) is 12.5. The summed E-state index contributed by atoms with van der Waals surface area (Å²) >= 11 is 14.9. The maximum atomic E-state index is 7.43. The lowest BCUT2D eigenvalue weighted by atomic mass is 9.42. The van der Waals surface area contributed by atoms with E-state index in [1.54, 1.807) is 0 Å². The van der Waals surface area contributed by atoms with Crippen molar-refractivity contribution in [2.75, 3.05) is 13.2 Å². The Morgan fingerprint density at radius 2 is 0.868 bits per heavy atom. The maximum Gasteiger partial charge on any atom is 0.129 e. The van der Waals surface area contributed by atoms with Crippen molar-refractivity contribution < 1.29 is 9.47 Å². The Balaban J connectivity index is 1.04. The molecule has 5 aliphatic carbocycles. The van der Waals surface area contributed by atoms with Crippen LogP contribution in [0, 0.1) is 34.5 Å². The second-order valence-electron chi connectivity index (χ2n) is 14.5. The lowest BCUT2D eigenvalue weighted by Gasteiger charge is -2.69. The van der Waals surface area contributed by atoms with Crippen molar-refractivity contribution >= 4 is 23.2 Å². The van der Waals surface area contributed by atoms with E-state index in [0.29, 0.717) is 12.2 Å².